The summed E-state index contributed by atoms with van der Waals surface area (Å²) in [5.74, 6) is 1.07. The molecule has 6 heteroatoms. The van der Waals surface area contributed by atoms with Crippen molar-refractivity contribution in [2.24, 2.45) is 0 Å². The first-order valence-corrected chi connectivity index (χ1v) is 13.1. The summed E-state index contributed by atoms with van der Waals surface area (Å²) in [5.41, 5.74) is 3.62. The Morgan fingerprint density at radius 2 is 1.69 bits per heavy atom. The van der Waals surface area contributed by atoms with E-state index >= 15 is 0 Å². The molecule has 35 heavy (non-hydrogen) atoms. The molecule has 2 aromatic carbocycles. The van der Waals surface area contributed by atoms with Crippen LogP contribution in [0.15, 0.2) is 36.4 Å². The van der Waals surface area contributed by atoms with E-state index in [1.165, 1.54) is 19.3 Å². The highest BCUT2D eigenvalue weighted by molar-refractivity contribution is 6.01. The molecule has 2 atom stereocenters. The first kappa shape index (κ1) is 23.7. The summed E-state index contributed by atoms with van der Waals surface area (Å²) in [6.45, 7) is 5.56. The van der Waals surface area contributed by atoms with Gasteiger partial charge in [-0.25, -0.2) is 0 Å². The van der Waals surface area contributed by atoms with E-state index in [1.807, 2.05) is 61.0 Å². The monoisotopic (exact) mass is 476 g/mol. The maximum atomic E-state index is 14.2. The molecule has 0 N–H and O–H groups in total. The quantitative estimate of drug-likeness (QED) is 0.581. The molecule has 2 amide bonds. The van der Waals surface area contributed by atoms with Crippen molar-refractivity contribution < 1.29 is 19.1 Å². The van der Waals surface area contributed by atoms with Gasteiger partial charge in [0.2, 0.25) is 5.91 Å². The third-order valence-electron chi connectivity index (χ3n) is 7.92. The lowest BCUT2D eigenvalue weighted by atomic mass is 9.75. The summed E-state index contributed by atoms with van der Waals surface area (Å²) >= 11 is 0. The van der Waals surface area contributed by atoms with Crippen molar-refractivity contribution in [1.82, 2.24) is 9.80 Å². The topological polar surface area (TPSA) is 59.1 Å². The highest BCUT2D eigenvalue weighted by Crippen LogP contribution is 2.49. The van der Waals surface area contributed by atoms with Crippen LogP contribution in [-0.2, 0) is 11.2 Å². The van der Waals surface area contributed by atoms with Gasteiger partial charge < -0.3 is 19.3 Å². The summed E-state index contributed by atoms with van der Waals surface area (Å²) in [4.78, 5) is 31.8. The smallest absolute Gasteiger partial charge is 0.254 e. The van der Waals surface area contributed by atoms with E-state index in [1.54, 1.807) is 0 Å². The van der Waals surface area contributed by atoms with Crippen LogP contribution in [0.3, 0.4) is 0 Å². The van der Waals surface area contributed by atoms with Crippen molar-refractivity contribution >= 4 is 11.8 Å². The number of carbonyl (C=O) groups is 2. The number of carbonyl (C=O) groups excluding carboxylic acids is 2. The van der Waals surface area contributed by atoms with Gasteiger partial charge in [-0.05, 0) is 68.0 Å². The fraction of sp³-hybridized carbons (Fsp3) is 0.517. The van der Waals surface area contributed by atoms with Crippen LogP contribution in [0.25, 0.3) is 0 Å². The highest BCUT2D eigenvalue weighted by Gasteiger charge is 2.48. The van der Waals surface area contributed by atoms with Crippen molar-refractivity contribution in [1.29, 1.82) is 0 Å². The molecule has 0 bridgehead atoms. The Labute approximate surface area is 208 Å². The largest absolute Gasteiger partial charge is 0.490 e. The predicted octanol–water partition coefficient (Wildman–Crippen LogP) is 5.11. The minimum Gasteiger partial charge on any atom is -0.490 e. The van der Waals surface area contributed by atoms with Gasteiger partial charge in [-0.3, -0.25) is 9.59 Å². The molecule has 0 radical (unpaired) electrons. The fourth-order valence-corrected chi connectivity index (χ4v) is 6.20. The van der Waals surface area contributed by atoms with Crippen molar-refractivity contribution in [3.63, 3.8) is 0 Å². The first-order chi connectivity index (χ1) is 17.0. The summed E-state index contributed by atoms with van der Waals surface area (Å²) in [7, 11) is 1.95. The van der Waals surface area contributed by atoms with Crippen molar-refractivity contribution in [3.05, 3.63) is 58.7 Å². The van der Waals surface area contributed by atoms with Gasteiger partial charge in [-0.1, -0.05) is 37.5 Å². The van der Waals surface area contributed by atoms with E-state index in [4.69, 9.17) is 9.47 Å². The predicted molar refractivity (Wildman–Crippen MR) is 135 cm³/mol. The normalized spacial score (nSPS) is 21.6. The zero-order valence-electron chi connectivity index (χ0n) is 21.1. The molecule has 186 valence electrons. The molecule has 0 spiro atoms. The lowest BCUT2D eigenvalue weighted by Gasteiger charge is -2.47. The van der Waals surface area contributed by atoms with E-state index in [9.17, 15) is 9.59 Å². The Morgan fingerprint density at radius 1 is 1.00 bits per heavy atom. The van der Waals surface area contributed by atoms with Gasteiger partial charge >= 0.3 is 0 Å². The Bertz CT molecular complexity index is 1110. The van der Waals surface area contributed by atoms with Crippen LogP contribution in [0, 0.1) is 0 Å². The van der Waals surface area contributed by atoms with Gasteiger partial charge in [0.15, 0.2) is 11.5 Å². The number of amides is 2. The van der Waals surface area contributed by atoms with E-state index in [0.717, 1.165) is 41.7 Å². The Balaban J connectivity index is 1.63. The van der Waals surface area contributed by atoms with E-state index in [0.29, 0.717) is 31.1 Å². The SMILES string of the molecule is CCOc1cc2c(cc1OCC)[C@H]1[C@@H](C(=O)N(C)C3CCCCC3)c3ccccc3C(=O)N1CC2. The summed E-state index contributed by atoms with van der Waals surface area (Å²) in [5, 5.41) is 0. The molecule has 2 aliphatic heterocycles. The number of nitrogens with zero attached hydrogens (tertiary/aromatic N) is 2. The van der Waals surface area contributed by atoms with Crippen molar-refractivity contribution in [2.45, 2.75) is 70.4 Å². The molecule has 6 nitrogen and oxygen atoms in total. The highest BCUT2D eigenvalue weighted by atomic mass is 16.5. The second-order valence-electron chi connectivity index (χ2n) is 9.86. The average Bonchev–Trinajstić information content (AvgIpc) is 2.89. The van der Waals surface area contributed by atoms with E-state index in [-0.39, 0.29) is 23.9 Å². The van der Waals surface area contributed by atoms with Gasteiger partial charge in [-0.15, -0.1) is 0 Å². The van der Waals surface area contributed by atoms with Gasteiger partial charge in [0.1, 0.15) is 0 Å². The molecule has 3 aliphatic rings. The second kappa shape index (κ2) is 9.92. The van der Waals surface area contributed by atoms with Gasteiger partial charge in [0.05, 0.1) is 25.2 Å². The molecule has 2 aromatic rings. The van der Waals surface area contributed by atoms with Gasteiger partial charge in [0.25, 0.3) is 5.91 Å². The third kappa shape index (κ3) is 4.17. The molecule has 1 fully saturated rings. The summed E-state index contributed by atoms with van der Waals surface area (Å²) < 4.78 is 11.8. The Morgan fingerprint density at radius 3 is 2.40 bits per heavy atom. The van der Waals surface area contributed by atoms with Crippen LogP contribution >= 0.6 is 0 Å². The number of benzene rings is 2. The first-order valence-electron chi connectivity index (χ1n) is 13.1. The standard InChI is InChI=1S/C29H36N2O4/c1-4-34-24-17-19-15-16-31-27(23(19)18-25(24)35-5-2)26(21-13-9-10-14-22(21)28(31)32)29(33)30(3)20-11-7-6-8-12-20/h9-10,13-14,17-18,20,26-27H,4-8,11-12,15-16H2,1-3H3/t26-,27-/m0/s1. The van der Waals surface area contributed by atoms with Gasteiger partial charge in [0, 0.05) is 25.2 Å². The minimum atomic E-state index is -0.442. The number of rotatable bonds is 6. The molecular formula is C29H36N2O4. The molecule has 0 aromatic heterocycles. The lowest BCUT2D eigenvalue weighted by molar-refractivity contribution is -0.136. The Hall–Kier alpha value is -3.02. The van der Waals surface area contributed by atoms with Crippen molar-refractivity contribution in [3.8, 4) is 11.5 Å². The van der Waals surface area contributed by atoms with E-state index < -0.39 is 5.92 Å². The zero-order valence-corrected chi connectivity index (χ0v) is 21.1. The molecule has 2 heterocycles. The van der Waals surface area contributed by atoms with Crippen LogP contribution in [0.2, 0.25) is 0 Å². The molecule has 0 unspecified atom stereocenters. The number of fused-ring (bicyclic) bond motifs is 4. The third-order valence-corrected chi connectivity index (χ3v) is 7.92. The van der Waals surface area contributed by atoms with E-state index in [2.05, 4.69) is 6.07 Å². The fourth-order valence-electron chi connectivity index (χ4n) is 6.20. The van der Waals surface area contributed by atoms with Crippen LogP contribution < -0.4 is 9.47 Å². The second-order valence-corrected chi connectivity index (χ2v) is 9.86. The number of likely N-dealkylation sites (N-methyl/N-ethyl adjacent to an activating group) is 1. The Kier molecular flexibility index (Phi) is 6.72. The minimum absolute atomic E-state index is 0.00691. The van der Waals surface area contributed by atoms with Crippen LogP contribution in [0.1, 0.15) is 85.0 Å². The average molecular weight is 477 g/mol. The van der Waals surface area contributed by atoms with Crippen molar-refractivity contribution in [2.75, 3.05) is 26.8 Å². The number of hydrogen-bond donors (Lipinski definition) is 0. The summed E-state index contributed by atoms with van der Waals surface area (Å²) in [6, 6.07) is 11.6. The molecule has 5 rings (SSSR count). The van der Waals surface area contributed by atoms with Crippen LogP contribution in [-0.4, -0.2) is 54.5 Å². The van der Waals surface area contributed by atoms with Crippen LogP contribution in [0.5, 0.6) is 11.5 Å². The number of ether oxygens (including phenoxy) is 2. The summed E-state index contributed by atoms with van der Waals surface area (Å²) in [6.07, 6.45) is 6.40. The lowest BCUT2D eigenvalue weighted by Crippen LogP contribution is -2.51. The van der Waals surface area contributed by atoms with Crippen LogP contribution in [0.4, 0.5) is 0 Å². The zero-order chi connectivity index (χ0) is 24.5. The van der Waals surface area contributed by atoms with Gasteiger partial charge in [-0.2, -0.15) is 0 Å². The molecular weight excluding hydrogens is 440 g/mol. The molecule has 0 saturated heterocycles. The molecule has 1 aliphatic carbocycles. The maximum absolute atomic E-state index is 14.2. The molecule has 1 saturated carbocycles. The number of hydrogen-bond acceptors (Lipinski definition) is 4. The maximum Gasteiger partial charge on any atom is 0.254 e.